The largest absolute Gasteiger partial charge is 0.343 e. The Kier molecular flexibility index (Phi) is 3.63. The van der Waals surface area contributed by atoms with Gasteiger partial charge in [-0.05, 0) is 24.6 Å². The Morgan fingerprint density at radius 2 is 2.35 bits per heavy atom. The number of carbonyl (C=O) groups excluding carboxylic acids is 2. The summed E-state index contributed by atoms with van der Waals surface area (Å²) >= 11 is 5.17. The van der Waals surface area contributed by atoms with Gasteiger partial charge in [0.2, 0.25) is 5.91 Å². The van der Waals surface area contributed by atoms with Crippen LogP contribution in [0.4, 0.5) is 10.5 Å². The first-order chi connectivity index (χ1) is 8.06. The maximum atomic E-state index is 11.5. The average molecular weight is 268 g/mol. The molecule has 0 saturated carbocycles. The molecule has 1 aliphatic rings. The lowest BCUT2D eigenvalue weighted by molar-refractivity contribution is -0.115. The van der Waals surface area contributed by atoms with Crippen molar-refractivity contribution in [3.05, 3.63) is 23.8 Å². The maximum Gasteiger partial charge on any atom is 0.276 e. The van der Waals surface area contributed by atoms with Crippen molar-refractivity contribution in [3.8, 4) is 0 Å². The van der Waals surface area contributed by atoms with Gasteiger partial charge in [0.15, 0.2) is 0 Å². The van der Waals surface area contributed by atoms with Gasteiger partial charge in [-0.15, -0.1) is 11.8 Å². The molecule has 1 heterocycles. The highest BCUT2D eigenvalue weighted by atomic mass is 32.2. The lowest BCUT2D eigenvalue weighted by Gasteiger charge is -2.21. The quantitative estimate of drug-likeness (QED) is 0.721. The Hall–Kier alpha value is -1.14. The molecule has 1 unspecified atom stereocenters. The van der Waals surface area contributed by atoms with Gasteiger partial charge in [-0.3, -0.25) is 9.59 Å². The van der Waals surface area contributed by atoms with Gasteiger partial charge in [0.05, 0.1) is 10.9 Å². The number of thiol groups is 1. The van der Waals surface area contributed by atoms with Gasteiger partial charge in [0, 0.05) is 11.4 Å². The van der Waals surface area contributed by atoms with Crippen LogP contribution in [0.2, 0.25) is 0 Å². The normalized spacial score (nSPS) is 18.2. The summed E-state index contributed by atoms with van der Waals surface area (Å²) in [5, 5.41) is 5.01. The highest BCUT2D eigenvalue weighted by Gasteiger charge is 2.22. The number of nitrogens with one attached hydrogen (secondary N) is 2. The van der Waals surface area contributed by atoms with Gasteiger partial charge in [0.1, 0.15) is 0 Å². The van der Waals surface area contributed by atoms with Crippen molar-refractivity contribution in [2.75, 3.05) is 5.32 Å². The standard InChI is InChI=1S/C11H12N2O2S2/c1-6-10(14)13-8-4-7(5-12-11(15)16)2-3-9(8)17-6/h2-4,6H,5H2,1H3,(H,13,14)(H2,12,15,16). The van der Waals surface area contributed by atoms with Crippen molar-refractivity contribution in [3.63, 3.8) is 0 Å². The fourth-order valence-electron chi connectivity index (χ4n) is 1.54. The molecule has 6 heteroatoms. The molecule has 17 heavy (non-hydrogen) atoms. The lowest BCUT2D eigenvalue weighted by atomic mass is 10.2. The monoisotopic (exact) mass is 268 g/mol. The number of carbonyl (C=O) groups is 2. The molecule has 0 fully saturated rings. The van der Waals surface area contributed by atoms with Crippen molar-refractivity contribution in [2.45, 2.75) is 23.6 Å². The molecule has 2 amide bonds. The fraction of sp³-hybridized carbons (Fsp3) is 0.273. The smallest absolute Gasteiger partial charge is 0.276 e. The number of hydrogen-bond donors (Lipinski definition) is 3. The first kappa shape index (κ1) is 12.3. The van der Waals surface area contributed by atoms with Gasteiger partial charge < -0.3 is 10.6 Å². The molecule has 4 nitrogen and oxygen atoms in total. The van der Waals surface area contributed by atoms with Crippen LogP contribution in [0.3, 0.4) is 0 Å². The zero-order valence-corrected chi connectivity index (χ0v) is 10.9. The Bertz CT molecular complexity index is 477. The number of fused-ring (bicyclic) bond motifs is 1. The third-order valence-corrected chi connectivity index (χ3v) is 3.75. The summed E-state index contributed by atoms with van der Waals surface area (Å²) in [6, 6.07) is 5.76. The summed E-state index contributed by atoms with van der Waals surface area (Å²) < 4.78 is 0. The van der Waals surface area contributed by atoms with E-state index in [2.05, 4.69) is 23.3 Å². The zero-order chi connectivity index (χ0) is 12.4. The average Bonchev–Trinajstić information content (AvgIpc) is 2.28. The summed E-state index contributed by atoms with van der Waals surface area (Å²) in [7, 11) is 0. The van der Waals surface area contributed by atoms with Crippen molar-refractivity contribution in [2.24, 2.45) is 0 Å². The van der Waals surface area contributed by atoms with E-state index in [0.717, 1.165) is 16.1 Å². The maximum absolute atomic E-state index is 11.5. The Labute approximate surface area is 109 Å². The number of thioether (sulfide) groups is 1. The third-order valence-electron chi connectivity index (χ3n) is 2.42. The van der Waals surface area contributed by atoms with E-state index >= 15 is 0 Å². The molecule has 1 aliphatic heterocycles. The van der Waals surface area contributed by atoms with Crippen molar-refractivity contribution in [1.29, 1.82) is 0 Å². The van der Waals surface area contributed by atoms with E-state index in [4.69, 9.17) is 0 Å². The second-order valence-electron chi connectivity index (χ2n) is 3.74. The molecule has 2 rings (SSSR count). The molecule has 0 radical (unpaired) electrons. The van der Waals surface area contributed by atoms with Crippen LogP contribution in [0, 0.1) is 0 Å². The second-order valence-corrected chi connectivity index (χ2v) is 5.53. The van der Waals surface area contributed by atoms with Gasteiger partial charge >= 0.3 is 0 Å². The molecule has 90 valence electrons. The fourth-order valence-corrected chi connectivity index (χ4v) is 2.55. The Morgan fingerprint density at radius 3 is 3.06 bits per heavy atom. The highest BCUT2D eigenvalue weighted by Crippen LogP contribution is 2.35. The number of rotatable bonds is 2. The Morgan fingerprint density at radius 1 is 1.59 bits per heavy atom. The number of amides is 2. The third kappa shape index (κ3) is 2.95. The van der Waals surface area contributed by atoms with Crippen LogP contribution >= 0.6 is 24.4 Å². The van der Waals surface area contributed by atoms with Crippen LogP contribution in [0.25, 0.3) is 0 Å². The van der Waals surface area contributed by atoms with Crippen molar-refractivity contribution in [1.82, 2.24) is 5.32 Å². The van der Waals surface area contributed by atoms with Crippen LogP contribution in [-0.2, 0) is 11.3 Å². The predicted molar refractivity (Wildman–Crippen MR) is 71.6 cm³/mol. The van der Waals surface area contributed by atoms with Crippen molar-refractivity contribution < 1.29 is 9.59 Å². The minimum absolute atomic E-state index is 0.0119. The first-order valence-corrected chi connectivity index (χ1v) is 6.46. The van der Waals surface area contributed by atoms with E-state index in [0.29, 0.717) is 6.54 Å². The van der Waals surface area contributed by atoms with Crippen LogP contribution in [0.15, 0.2) is 23.1 Å². The van der Waals surface area contributed by atoms with Crippen LogP contribution in [0.5, 0.6) is 0 Å². The topological polar surface area (TPSA) is 58.2 Å². The summed E-state index contributed by atoms with van der Waals surface area (Å²) in [5.74, 6) is 0.0119. The van der Waals surface area contributed by atoms with Gasteiger partial charge in [-0.2, -0.15) is 0 Å². The molecular formula is C11H12N2O2S2. The van der Waals surface area contributed by atoms with E-state index in [1.165, 1.54) is 11.8 Å². The SMILES string of the molecule is CC1Sc2ccc(CNC(=O)S)cc2NC1=O. The molecule has 1 aromatic rings. The first-order valence-electron chi connectivity index (χ1n) is 5.13. The number of anilines is 1. The molecule has 0 saturated heterocycles. The highest BCUT2D eigenvalue weighted by molar-refractivity contribution is 8.01. The molecule has 0 aliphatic carbocycles. The summed E-state index contributed by atoms with van der Waals surface area (Å²) in [5.41, 5.74) is 1.74. The molecule has 1 atom stereocenters. The van der Waals surface area contributed by atoms with E-state index in [9.17, 15) is 9.59 Å². The minimum atomic E-state index is -0.366. The van der Waals surface area contributed by atoms with E-state index in [-0.39, 0.29) is 16.4 Å². The molecule has 0 spiro atoms. The molecular weight excluding hydrogens is 256 g/mol. The minimum Gasteiger partial charge on any atom is -0.343 e. The number of benzene rings is 1. The van der Waals surface area contributed by atoms with Crippen LogP contribution in [0.1, 0.15) is 12.5 Å². The zero-order valence-electron chi connectivity index (χ0n) is 9.19. The summed E-state index contributed by atoms with van der Waals surface area (Å²) in [4.78, 5) is 23.3. The van der Waals surface area contributed by atoms with Crippen LogP contribution < -0.4 is 10.6 Å². The second kappa shape index (κ2) is 5.01. The lowest BCUT2D eigenvalue weighted by Crippen LogP contribution is -2.26. The van der Waals surface area contributed by atoms with E-state index in [1.807, 2.05) is 25.1 Å². The molecule has 0 aromatic heterocycles. The molecule has 1 aromatic carbocycles. The predicted octanol–water partition coefficient (Wildman–Crippen LogP) is 2.26. The van der Waals surface area contributed by atoms with Gasteiger partial charge in [-0.25, -0.2) is 0 Å². The van der Waals surface area contributed by atoms with Crippen molar-refractivity contribution >= 4 is 41.2 Å². The van der Waals surface area contributed by atoms with E-state index in [1.54, 1.807) is 0 Å². The van der Waals surface area contributed by atoms with Crippen LogP contribution in [-0.4, -0.2) is 16.4 Å². The number of hydrogen-bond acceptors (Lipinski definition) is 3. The molecule has 2 N–H and O–H groups in total. The molecule has 0 bridgehead atoms. The summed E-state index contributed by atoms with van der Waals surface area (Å²) in [6.07, 6.45) is 0. The Balaban J connectivity index is 2.17. The van der Waals surface area contributed by atoms with Gasteiger partial charge in [-0.1, -0.05) is 18.7 Å². The van der Waals surface area contributed by atoms with E-state index < -0.39 is 0 Å². The summed E-state index contributed by atoms with van der Waals surface area (Å²) in [6.45, 7) is 2.28. The van der Waals surface area contributed by atoms with Gasteiger partial charge in [0.25, 0.3) is 5.24 Å².